The van der Waals surface area contributed by atoms with Crippen LogP contribution in [0.15, 0.2) is 24.3 Å². The summed E-state index contributed by atoms with van der Waals surface area (Å²) in [5.41, 5.74) is -0.0821. The number of amides is 1. The van der Waals surface area contributed by atoms with Crippen LogP contribution in [0.25, 0.3) is 0 Å². The lowest BCUT2D eigenvalue weighted by Gasteiger charge is -2.05. The van der Waals surface area contributed by atoms with E-state index in [1.54, 1.807) is 6.07 Å². The van der Waals surface area contributed by atoms with Crippen molar-refractivity contribution >= 4 is 23.3 Å². The third-order valence-corrected chi connectivity index (χ3v) is 2.16. The summed E-state index contributed by atoms with van der Waals surface area (Å²) in [4.78, 5) is 32.4. The summed E-state index contributed by atoms with van der Waals surface area (Å²) < 4.78 is 4.39. The first-order chi connectivity index (χ1) is 8.54. The number of hydrogen-bond donors (Lipinski definition) is 1. The van der Waals surface area contributed by atoms with Gasteiger partial charge in [0.25, 0.3) is 5.69 Å². The van der Waals surface area contributed by atoms with Gasteiger partial charge in [0.15, 0.2) is 0 Å². The number of hydrogen-bond acceptors (Lipinski definition) is 5. The Balaban J connectivity index is 2.65. The molecule has 0 saturated heterocycles. The van der Waals surface area contributed by atoms with Crippen molar-refractivity contribution in [3.8, 4) is 0 Å². The lowest BCUT2D eigenvalue weighted by molar-refractivity contribution is -0.383. The molecule has 7 nitrogen and oxygen atoms in total. The first-order valence-electron chi connectivity index (χ1n) is 5.14. The molecule has 1 aromatic carbocycles. The highest BCUT2D eigenvalue weighted by atomic mass is 16.6. The second kappa shape index (κ2) is 6.33. The first-order valence-corrected chi connectivity index (χ1v) is 5.14. The molecule has 0 aliphatic rings. The van der Waals surface area contributed by atoms with E-state index in [9.17, 15) is 19.7 Å². The van der Waals surface area contributed by atoms with E-state index in [-0.39, 0.29) is 24.2 Å². The molecule has 0 aromatic heterocycles. The molecule has 0 fully saturated rings. The fourth-order valence-electron chi connectivity index (χ4n) is 1.27. The van der Waals surface area contributed by atoms with Gasteiger partial charge in [-0.15, -0.1) is 0 Å². The van der Waals surface area contributed by atoms with E-state index < -0.39 is 16.8 Å². The Kier molecular flexibility index (Phi) is 4.79. The van der Waals surface area contributed by atoms with Gasteiger partial charge in [0.1, 0.15) is 5.69 Å². The van der Waals surface area contributed by atoms with Crippen LogP contribution in [0.1, 0.15) is 12.8 Å². The van der Waals surface area contributed by atoms with E-state index in [0.717, 1.165) is 0 Å². The summed E-state index contributed by atoms with van der Waals surface area (Å²) >= 11 is 0. The largest absolute Gasteiger partial charge is 0.469 e. The minimum Gasteiger partial charge on any atom is -0.469 e. The number of methoxy groups -OCH3 is 1. The van der Waals surface area contributed by atoms with Crippen LogP contribution in [0.2, 0.25) is 0 Å². The normalized spacial score (nSPS) is 9.61. The zero-order valence-electron chi connectivity index (χ0n) is 9.71. The Morgan fingerprint density at radius 1 is 1.33 bits per heavy atom. The molecule has 7 heteroatoms. The minimum atomic E-state index is -0.587. The standard InChI is InChI=1S/C11H12N2O5/c1-18-11(15)7-6-10(14)12-8-4-2-3-5-9(8)13(16)17/h2-5H,6-7H2,1H3,(H,12,14). The van der Waals surface area contributed by atoms with Crippen LogP contribution in [0.3, 0.4) is 0 Å². The van der Waals surface area contributed by atoms with Crippen LogP contribution >= 0.6 is 0 Å². The number of anilines is 1. The maximum Gasteiger partial charge on any atom is 0.306 e. The molecular weight excluding hydrogens is 240 g/mol. The number of rotatable bonds is 5. The fourth-order valence-corrected chi connectivity index (χ4v) is 1.27. The van der Waals surface area contributed by atoms with Crippen molar-refractivity contribution in [1.29, 1.82) is 0 Å². The topological polar surface area (TPSA) is 98.5 Å². The minimum absolute atomic E-state index is 0.0665. The summed E-state index contributed by atoms with van der Waals surface area (Å²) in [7, 11) is 1.22. The number of nitrogens with one attached hydrogen (secondary N) is 1. The zero-order valence-corrected chi connectivity index (χ0v) is 9.71. The first kappa shape index (κ1) is 13.6. The predicted octanol–water partition coefficient (Wildman–Crippen LogP) is 1.49. The van der Waals surface area contributed by atoms with E-state index in [1.807, 2.05) is 0 Å². The number of nitro groups is 1. The van der Waals surface area contributed by atoms with Gasteiger partial charge in [-0.25, -0.2) is 0 Å². The molecule has 1 rings (SSSR count). The SMILES string of the molecule is COC(=O)CCC(=O)Nc1ccccc1[N+](=O)[O-]. The van der Waals surface area contributed by atoms with Crippen molar-refractivity contribution in [3.63, 3.8) is 0 Å². The van der Waals surface area contributed by atoms with Gasteiger partial charge in [0.05, 0.1) is 18.5 Å². The molecule has 0 heterocycles. The van der Waals surface area contributed by atoms with E-state index in [0.29, 0.717) is 0 Å². The van der Waals surface area contributed by atoms with Crippen LogP contribution < -0.4 is 5.32 Å². The molecule has 0 aliphatic carbocycles. The summed E-state index contributed by atoms with van der Waals surface area (Å²) in [6.07, 6.45) is -0.151. The van der Waals surface area contributed by atoms with Crippen molar-refractivity contribution in [2.45, 2.75) is 12.8 Å². The average Bonchev–Trinajstić information content (AvgIpc) is 2.36. The van der Waals surface area contributed by atoms with Gasteiger partial charge in [-0.2, -0.15) is 0 Å². The van der Waals surface area contributed by atoms with Crippen molar-refractivity contribution < 1.29 is 19.2 Å². The molecule has 0 atom stereocenters. The van der Waals surface area contributed by atoms with Crippen molar-refractivity contribution in [2.24, 2.45) is 0 Å². The Hall–Kier alpha value is -2.44. The second-order valence-electron chi connectivity index (χ2n) is 3.40. The summed E-state index contributed by atoms with van der Waals surface area (Å²) in [5.74, 6) is -0.984. The third-order valence-electron chi connectivity index (χ3n) is 2.16. The van der Waals surface area contributed by atoms with E-state index >= 15 is 0 Å². The predicted molar refractivity (Wildman–Crippen MR) is 63.0 cm³/mol. The highest BCUT2D eigenvalue weighted by Gasteiger charge is 2.15. The van der Waals surface area contributed by atoms with Crippen LogP contribution in [0.4, 0.5) is 11.4 Å². The highest BCUT2D eigenvalue weighted by Crippen LogP contribution is 2.23. The number of esters is 1. The summed E-state index contributed by atoms with van der Waals surface area (Å²) in [6, 6.07) is 5.79. The maximum absolute atomic E-state index is 11.5. The van der Waals surface area contributed by atoms with Gasteiger partial charge in [-0.1, -0.05) is 12.1 Å². The highest BCUT2D eigenvalue weighted by molar-refractivity contribution is 5.94. The Morgan fingerprint density at radius 2 is 2.00 bits per heavy atom. The molecule has 0 bridgehead atoms. The molecule has 0 unspecified atom stereocenters. The van der Waals surface area contributed by atoms with Gasteiger partial charge in [0.2, 0.25) is 5.91 Å². The van der Waals surface area contributed by atoms with Crippen molar-refractivity contribution in [2.75, 3.05) is 12.4 Å². The molecule has 0 spiro atoms. The van der Waals surface area contributed by atoms with E-state index in [1.165, 1.54) is 25.3 Å². The number of nitrogens with zero attached hydrogens (tertiary/aromatic N) is 1. The average molecular weight is 252 g/mol. The van der Waals surface area contributed by atoms with Crippen molar-refractivity contribution in [3.05, 3.63) is 34.4 Å². The fraction of sp³-hybridized carbons (Fsp3) is 0.273. The van der Waals surface area contributed by atoms with Crippen LogP contribution in [0, 0.1) is 10.1 Å². The zero-order chi connectivity index (χ0) is 13.5. The molecule has 0 saturated carbocycles. The summed E-state index contributed by atoms with van der Waals surface area (Å²) in [6.45, 7) is 0. The lowest BCUT2D eigenvalue weighted by atomic mass is 10.2. The van der Waals surface area contributed by atoms with Crippen molar-refractivity contribution in [1.82, 2.24) is 0 Å². The van der Waals surface area contributed by atoms with Gasteiger partial charge < -0.3 is 10.1 Å². The van der Waals surface area contributed by atoms with Crippen LogP contribution in [0.5, 0.6) is 0 Å². The molecule has 1 N–H and O–H groups in total. The van der Waals surface area contributed by atoms with Gasteiger partial charge in [-0.05, 0) is 6.07 Å². The van der Waals surface area contributed by atoms with Gasteiger partial charge >= 0.3 is 5.97 Å². The maximum atomic E-state index is 11.5. The lowest BCUT2D eigenvalue weighted by Crippen LogP contribution is -2.14. The smallest absolute Gasteiger partial charge is 0.306 e. The van der Waals surface area contributed by atoms with Crippen LogP contribution in [-0.2, 0) is 14.3 Å². The monoisotopic (exact) mass is 252 g/mol. The second-order valence-corrected chi connectivity index (χ2v) is 3.40. The molecule has 96 valence electrons. The van der Waals surface area contributed by atoms with Gasteiger partial charge in [-0.3, -0.25) is 19.7 Å². The number of ether oxygens (including phenoxy) is 1. The Labute approximate surface area is 103 Å². The summed E-state index contributed by atoms with van der Waals surface area (Å²) in [5, 5.41) is 13.1. The van der Waals surface area contributed by atoms with Gasteiger partial charge in [0, 0.05) is 12.5 Å². The molecule has 0 aliphatic heterocycles. The number of carbonyl (C=O) groups excluding carboxylic acids is 2. The number of benzene rings is 1. The number of para-hydroxylation sites is 2. The molecular formula is C11H12N2O5. The number of nitro benzene ring substituents is 1. The molecule has 1 amide bonds. The molecule has 0 radical (unpaired) electrons. The van der Waals surface area contributed by atoms with Crippen LogP contribution in [-0.4, -0.2) is 23.9 Å². The Bertz CT molecular complexity index is 472. The van der Waals surface area contributed by atoms with E-state index in [2.05, 4.69) is 10.1 Å². The van der Waals surface area contributed by atoms with E-state index in [4.69, 9.17) is 0 Å². The molecule has 18 heavy (non-hydrogen) atoms. The molecule has 1 aromatic rings. The quantitative estimate of drug-likeness (QED) is 0.486. The number of carbonyl (C=O) groups is 2. The third kappa shape index (κ3) is 3.85. The Morgan fingerprint density at radius 3 is 2.61 bits per heavy atom.